The van der Waals surface area contributed by atoms with Gasteiger partial charge in [0.15, 0.2) is 0 Å². The van der Waals surface area contributed by atoms with Gasteiger partial charge in [0.2, 0.25) is 17.6 Å². The lowest BCUT2D eigenvalue weighted by Crippen LogP contribution is -2.37. The number of aromatic nitrogens is 2. The minimum absolute atomic E-state index is 0.0301. The molecule has 1 N–H and O–H groups in total. The second kappa shape index (κ2) is 9.57. The van der Waals surface area contributed by atoms with Gasteiger partial charge in [-0.25, -0.2) is 0 Å². The van der Waals surface area contributed by atoms with Crippen molar-refractivity contribution in [3.8, 4) is 11.4 Å². The number of hydrogen-bond acceptors (Lipinski definition) is 5. The predicted molar refractivity (Wildman–Crippen MR) is 123 cm³/mol. The maximum atomic E-state index is 12.7. The quantitative estimate of drug-likeness (QED) is 0.496. The molecule has 1 aliphatic rings. The van der Waals surface area contributed by atoms with Crippen molar-refractivity contribution >= 4 is 46.4 Å². The molecule has 9 heteroatoms. The number of carbonyl (C=O) groups excluding carboxylic acids is 1. The van der Waals surface area contributed by atoms with Gasteiger partial charge in [-0.15, -0.1) is 0 Å². The highest BCUT2D eigenvalue weighted by molar-refractivity contribution is 6.36. The third-order valence-electron chi connectivity index (χ3n) is 5.40. The summed E-state index contributed by atoms with van der Waals surface area (Å²) in [6.07, 6.45) is 1.53. The molecule has 0 saturated carbocycles. The highest BCUT2D eigenvalue weighted by Gasteiger charge is 2.26. The zero-order valence-corrected chi connectivity index (χ0v) is 19.1. The van der Waals surface area contributed by atoms with Gasteiger partial charge in [0, 0.05) is 27.2 Å². The Balaban J connectivity index is 1.31. The third kappa shape index (κ3) is 5.39. The Morgan fingerprint density at radius 3 is 2.55 bits per heavy atom. The van der Waals surface area contributed by atoms with Crippen molar-refractivity contribution in [2.75, 3.05) is 18.4 Å². The molecule has 6 nitrogen and oxygen atoms in total. The number of amides is 1. The van der Waals surface area contributed by atoms with Gasteiger partial charge >= 0.3 is 0 Å². The van der Waals surface area contributed by atoms with E-state index >= 15 is 0 Å². The van der Waals surface area contributed by atoms with Crippen molar-refractivity contribution in [2.45, 2.75) is 26.3 Å². The fraction of sp³-hybridized carbons (Fsp3) is 0.318. The van der Waals surface area contributed by atoms with Gasteiger partial charge in [0.1, 0.15) is 0 Å². The first-order valence-corrected chi connectivity index (χ1v) is 11.1. The van der Waals surface area contributed by atoms with E-state index in [9.17, 15) is 4.79 Å². The number of halogens is 3. The van der Waals surface area contributed by atoms with Gasteiger partial charge in [0.25, 0.3) is 0 Å². The van der Waals surface area contributed by atoms with Gasteiger partial charge in [-0.2, -0.15) is 4.98 Å². The van der Waals surface area contributed by atoms with E-state index in [0.717, 1.165) is 37.2 Å². The van der Waals surface area contributed by atoms with E-state index in [-0.39, 0.29) is 11.8 Å². The van der Waals surface area contributed by atoms with E-state index in [1.807, 2.05) is 19.1 Å². The van der Waals surface area contributed by atoms with E-state index in [4.69, 9.17) is 39.3 Å². The number of likely N-dealkylation sites (tertiary alicyclic amines) is 1. The maximum absolute atomic E-state index is 12.7. The fourth-order valence-electron chi connectivity index (χ4n) is 3.65. The van der Waals surface area contributed by atoms with Gasteiger partial charge in [-0.3, -0.25) is 9.69 Å². The Bertz CT molecular complexity index is 1090. The van der Waals surface area contributed by atoms with Crippen LogP contribution in [0, 0.1) is 12.8 Å². The number of anilines is 1. The van der Waals surface area contributed by atoms with Crippen LogP contribution in [-0.4, -0.2) is 34.0 Å². The lowest BCUT2D eigenvalue weighted by molar-refractivity contribution is -0.121. The zero-order chi connectivity index (χ0) is 22.0. The normalized spacial score (nSPS) is 15.2. The fourth-order valence-corrected chi connectivity index (χ4v) is 4.37. The monoisotopic (exact) mass is 478 g/mol. The molecule has 1 aliphatic heterocycles. The van der Waals surface area contributed by atoms with Gasteiger partial charge in [-0.1, -0.05) is 40.0 Å². The van der Waals surface area contributed by atoms with E-state index in [2.05, 4.69) is 20.4 Å². The van der Waals surface area contributed by atoms with Crippen LogP contribution in [0.25, 0.3) is 11.4 Å². The number of rotatable bonds is 5. The second-order valence-corrected chi connectivity index (χ2v) is 8.91. The predicted octanol–water partition coefficient (Wildman–Crippen LogP) is 5.86. The zero-order valence-electron chi connectivity index (χ0n) is 16.9. The number of nitrogens with zero attached hydrogens (tertiary/aromatic N) is 3. The van der Waals surface area contributed by atoms with Gasteiger partial charge < -0.3 is 9.84 Å². The van der Waals surface area contributed by atoms with Crippen LogP contribution in [0.5, 0.6) is 0 Å². The Labute approximate surface area is 195 Å². The first-order chi connectivity index (χ1) is 14.9. The van der Waals surface area contributed by atoms with Crippen LogP contribution in [0.2, 0.25) is 15.1 Å². The SMILES string of the molecule is Cc1cc(Cl)ccc1NC(=O)C1CCN(Cc2nc(-c3ccc(Cl)cc3Cl)no2)CC1. The van der Waals surface area contributed by atoms with Gasteiger partial charge in [0.05, 0.1) is 11.6 Å². The number of nitrogens with one attached hydrogen (secondary N) is 1. The number of benzene rings is 2. The average Bonchev–Trinajstić information content (AvgIpc) is 3.18. The molecule has 1 saturated heterocycles. The van der Waals surface area contributed by atoms with Crippen LogP contribution < -0.4 is 5.32 Å². The first-order valence-electron chi connectivity index (χ1n) is 9.96. The number of hydrogen-bond donors (Lipinski definition) is 1. The van der Waals surface area contributed by atoms with E-state index in [0.29, 0.717) is 38.9 Å². The van der Waals surface area contributed by atoms with Gasteiger partial charge in [-0.05, 0) is 74.8 Å². The molecular weight excluding hydrogens is 459 g/mol. The molecule has 0 radical (unpaired) electrons. The summed E-state index contributed by atoms with van der Waals surface area (Å²) in [5.74, 6) is 0.963. The number of aryl methyl sites for hydroxylation is 1. The van der Waals surface area contributed by atoms with Crippen molar-refractivity contribution in [3.05, 3.63) is 62.9 Å². The molecule has 3 aromatic rings. The minimum atomic E-state index is -0.0301. The highest BCUT2D eigenvalue weighted by atomic mass is 35.5. The van der Waals surface area contributed by atoms with Crippen molar-refractivity contribution in [2.24, 2.45) is 5.92 Å². The molecule has 31 heavy (non-hydrogen) atoms. The molecule has 162 valence electrons. The summed E-state index contributed by atoms with van der Waals surface area (Å²) < 4.78 is 5.40. The molecule has 0 atom stereocenters. The molecule has 1 amide bonds. The summed E-state index contributed by atoms with van der Waals surface area (Å²) in [5, 5.41) is 8.74. The second-order valence-electron chi connectivity index (χ2n) is 7.63. The molecule has 2 aromatic carbocycles. The Morgan fingerprint density at radius 2 is 1.84 bits per heavy atom. The smallest absolute Gasteiger partial charge is 0.241 e. The highest BCUT2D eigenvalue weighted by Crippen LogP contribution is 2.29. The maximum Gasteiger partial charge on any atom is 0.241 e. The molecule has 1 fully saturated rings. The minimum Gasteiger partial charge on any atom is -0.338 e. The van der Waals surface area contributed by atoms with Crippen molar-refractivity contribution in [1.82, 2.24) is 15.0 Å². The summed E-state index contributed by atoms with van der Waals surface area (Å²) in [7, 11) is 0. The summed E-state index contributed by atoms with van der Waals surface area (Å²) in [4.78, 5) is 19.3. The molecular formula is C22H21Cl3N4O2. The molecule has 0 bridgehead atoms. The average molecular weight is 480 g/mol. The molecule has 1 aromatic heterocycles. The number of piperidine rings is 1. The molecule has 2 heterocycles. The van der Waals surface area contributed by atoms with E-state index in [1.165, 1.54) is 0 Å². The lowest BCUT2D eigenvalue weighted by Gasteiger charge is -2.30. The largest absolute Gasteiger partial charge is 0.338 e. The number of carbonyl (C=O) groups is 1. The first kappa shape index (κ1) is 22.1. The van der Waals surface area contributed by atoms with Crippen LogP contribution >= 0.6 is 34.8 Å². The Kier molecular flexibility index (Phi) is 6.82. The molecule has 0 aliphatic carbocycles. The topological polar surface area (TPSA) is 71.3 Å². The summed E-state index contributed by atoms with van der Waals surface area (Å²) >= 11 is 18.2. The lowest BCUT2D eigenvalue weighted by atomic mass is 9.95. The van der Waals surface area contributed by atoms with E-state index < -0.39 is 0 Å². The van der Waals surface area contributed by atoms with Crippen molar-refractivity contribution < 1.29 is 9.32 Å². The third-order valence-corrected chi connectivity index (χ3v) is 6.19. The van der Waals surface area contributed by atoms with Crippen molar-refractivity contribution in [1.29, 1.82) is 0 Å². The van der Waals surface area contributed by atoms with Crippen LogP contribution in [0.15, 0.2) is 40.9 Å². The van der Waals surface area contributed by atoms with Crippen LogP contribution in [0.3, 0.4) is 0 Å². The summed E-state index contributed by atoms with van der Waals surface area (Å²) in [6.45, 7) is 4.01. The molecule has 4 rings (SSSR count). The molecule has 0 unspecified atom stereocenters. The summed E-state index contributed by atoms with van der Waals surface area (Å²) in [5.41, 5.74) is 2.43. The summed E-state index contributed by atoms with van der Waals surface area (Å²) in [6, 6.07) is 10.6. The Morgan fingerprint density at radius 1 is 1.13 bits per heavy atom. The molecule has 0 spiro atoms. The van der Waals surface area contributed by atoms with Crippen LogP contribution in [-0.2, 0) is 11.3 Å². The van der Waals surface area contributed by atoms with Crippen LogP contribution in [0.4, 0.5) is 5.69 Å². The van der Waals surface area contributed by atoms with Crippen molar-refractivity contribution in [3.63, 3.8) is 0 Å². The van der Waals surface area contributed by atoms with Crippen LogP contribution in [0.1, 0.15) is 24.3 Å². The standard InChI is InChI=1S/C22H21Cl3N4O2/c1-13-10-15(23)3-5-19(13)26-22(30)14-6-8-29(9-7-14)12-20-27-21(28-31-20)17-4-2-16(24)11-18(17)25/h2-5,10-11,14H,6-9,12H2,1H3,(H,26,30). The Hall–Kier alpha value is -2.12. The van der Waals surface area contributed by atoms with E-state index in [1.54, 1.807) is 24.3 Å².